The van der Waals surface area contributed by atoms with E-state index in [-0.39, 0.29) is 24.2 Å². The van der Waals surface area contributed by atoms with Gasteiger partial charge >= 0.3 is 0 Å². The molecule has 2 amide bonds. The Bertz CT molecular complexity index is 1250. The van der Waals surface area contributed by atoms with Crippen molar-refractivity contribution < 1.29 is 27.5 Å². The van der Waals surface area contributed by atoms with Crippen LogP contribution in [0.1, 0.15) is 32.8 Å². The van der Waals surface area contributed by atoms with E-state index in [9.17, 15) is 18.0 Å². The first kappa shape index (κ1) is 28.9. The van der Waals surface area contributed by atoms with Crippen molar-refractivity contribution in [2.24, 2.45) is 0 Å². The summed E-state index contributed by atoms with van der Waals surface area (Å²) in [6.07, 6.45) is 1.32. The van der Waals surface area contributed by atoms with Gasteiger partial charge in [0.25, 0.3) is 0 Å². The second-order valence-corrected chi connectivity index (χ2v) is 11.7. The van der Waals surface area contributed by atoms with E-state index in [2.05, 4.69) is 5.32 Å². The highest BCUT2D eigenvalue weighted by Crippen LogP contribution is 2.35. The normalized spacial score (nSPS) is 13.7. The molecule has 1 aliphatic rings. The van der Waals surface area contributed by atoms with E-state index in [0.717, 1.165) is 10.6 Å². The van der Waals surface area contributed by atoms with Crippen LogP contribution in [0.15, 0.2) is 36.4 Å². The largest absolute Gasteiger partial charge is 0.486 e. The minimum Gasteiger partial charge on any atom is -0.486 e. The molecule has 1 aliphatic heterocycles. The number of amides is 2. The van der Waals surface area contributed by atoms with E-state index >= 15 is 0 Å². The van der Waals surface area contributed by atoms with Crippen LogP contribution < -0.4 is 19.1 Å². The van der Waals surface area contributed by atoms with Gasteiger partial charge in [-0.1, -0.05) is 36.2 Å². The predicted molar refractivity (Wildman–Crippen MR) is 144 cm³/mol. The fourth-order valence-corrected chi connectivity index (χ4v) is 5.24. The van der Waals surface area contributed by atoms with Crippen molar-refractivity contribution in [3.8, 4) is 11.5 Å². The number of fused-ring (bicyclic) bond motifs is 1. The fourth-order valence-electron chi connectivity index (χ4n) is 3.93. The number of rotatable bonds is 10. The first-order valence-corrected chi connectivity index (χ1v) is 14.4. The van der Waals surface area contributed by atoms with Crippen molar-refractivity contribution in [2.45, 2.75) is 45.8 Å². The lowest BCUT2D eigenvalue weighted by Crippen LogP contribution is -2.53. The van der Waals surface area contributed by atoms with Crippen molar-refractivity contribution >= 4 is 50.7 Å². The SMILES string of the molecule is CCC(C(=O)NC(C)C)N(Cc1ccc(Cl)cc1Cl)C(=O)CN(c1ccc2c(c1)OCCO2)S(C)(=O)=O. The molecule has 1 unspecified atom stereocenters. The summed E-state index contributed by atoms with van der Waals surface area (Å²) < 4.78 is 37.7. The maximum absolute atomic E-state index is 13.8. The average molecular weight is 573 g/mol. The van der Waals surface area contributed by atoms with Gasteiger partial charge in [0.2, 0.25) is 21.8 Å². The molecule has 0 spiro atoms. The fraction of sp³-hybridized carbons (Fsp3) is 0.440. The molecule has 37 heavy (non-hydrogen) atoms. The van der Waals surface area contributed by atoms with E-state index in [0.29, 0.717) is 46.7 Å². The van der Waals surface area contributed by atoms with E-state index in [4.69, 9.17) is 32.7 Å². The van der Waals surface area contributed by atoms with Gasteiger partial charge in [-0.25, -0.2) is 8.42 Å². The smallest absolute Gasteiger partial charge is 0.244 e. The van der Waals surface area contributed by atoms with Crippen molar-refractivity contribution in [3.63, 3.8) is 0 Å². The topological polar surface area (TPSA) is 105 Å². The number of anilines is 1. The molecule has 0 saturated heterocycles. The van der Waals surface area contributed by atoms with Crippen molar-refractivity contribution in [1.29, 1.82) is 0 Å². The van der Waals surface area contributed by atoms with Gasteiger partial charge in [0.15, 0.2) is 11.5 Å². The monoisotopic (exact) mass is 571 g/mol. The number of nitrogens with one attached hydrogen (secondary N) is 1. The van der Waals surface area contributed by atoms with Crippen LogP contribution in [-0.2, 0) is 26.2 Å². The minimum absolute atomic E-state index is 0.0163. The minimum atomic E-state index is -3.89. The van der Waals surface area contributed by atoms with Gasteiger partial charge in [0.1, 0.15) is 25.8 Å². The summed E-state index contributed by atoms with van der Waals surface area (Å²) >= 11 is 12.4. The third kappa shape index (κ3) is 7.43. The summed E-state index contributed by atoms with van der Waals surface area (Å²) in [7, 11) is -3.89. The van der Waals surface area contributed by atoms with Gasteiger partial charge in [0, 0.05) is 28.7 Å². The molecule has 202 valence electrons. The maximum Gasteiger partial charge on any atom is 0.244 e. The zero-order valence-electron chi connectivity index (χ0n) is 21.2. The average Bonchev–Trinajstić information content (AvgIpc) is 2.82. The quantitative estimate of drug-likeness (QED) is 0.464. The molecular weight excluding hydrogens is 541 g/mol. The van der Waals surface area contributed by atoms with Crippen LogP contribution in [0, 0.1) is 0 Å². The highest BCUT2D eigenvalue weighted by atomic mass is 35.5. The zero-order chi connectivity index (χ0) is 27.3. The van der Waals surface area contributed by atoms with Gasteiger partial charge in [-0.2, -0.15) is 0 Å². The molecule has 0 aliphatic carbocycles. The Kier molecular flexibility index (Phi) is 9.55. The van der Waals surface area contributed by atoms with Crippen molar-refractivity contribution in [1.82, 2.24) is 10.2 Å². The van der Waals surface area contributed by atoms with Crippen LogP contribution in [0.3, 0.4) is 0 Å². The standard InChI is InChI=1S/C25H31Cl2N3O6S/c1-5-21(25(32)28-16(2)3)29(14-17-6-7-18(26)12-20(17)27)24(31)15-30(37(4,33)34)19-8-9-22-23(13-19)36-11-10-35-22/h6-9,12-13,16,21H,5,10-11,14-15H2,1-4H3,(H,28,32). The number of hydrogen-bond donors (Lipinski definition) is 1. The molecule has 0 bridgehead atoms. The van der Waals surface area contributed by atoms with Crippen LogP contribution in [0.4, 0.5) is 5.69 Å². The molecular formula is C25H31Cl2N3O6S. The number of benzene rings is 2. The number of ether oxygens (including phenoxy) is 2. The Morgan fingerprint density at radius 3 is 2.32 bits per heavy atom. The van der Waals surface area contributed by atoms with Gasteiger partial charge < -0.3 is 19.7 Å². The van der Waals surface area contributed by atoms with E-state index in [1.165, 1.54) is 11.0 Å². The summed E-state index contributed by atoms with van der Waals surface area (Å²) in [6, 6.07) is 8.52. The van der Waals surface area contributed by atoms with Gasteiger partial charge in [0.05, 0.1) is 11.9 Å². The third-order valence-electron chi connectivity index (χ3n) is 5.67. The number of sulfonamides is 1. The van der Waals surface area contributed by atoms with Crippen LogP contribution in [-0.4, -0.2) is 63.2 Å². The Morgan fingerprint density at radius 2 is 1.73 bits per heavy atom. The summed E-state index contributed by atoms with van der Waals surface area (Å²) in [5.41, 5.74) is 0.810. The summed E-state index contributed by atoms with van der Waals surface area (Å²) in [5.74, 6) is -0.0409. The maximum atomic E-state index is 13.8. The second kappa shape index (κ2) is 12.2. The lowest BCUT2D eigenvalue weighted by molar-refractivity contribution is -0.140. The molecule has 2 aromatic rings. The molecule has 1 atom stereocenters. The first-order valence-electron chi connectivity index (χ1n) is 11.8. The Balaban J connectivity index is 1.98. The highest BCUT2D eigenvalue weighted by molar-refractivity contribution is 7.92. The lowest BCUT2D eigenvalue weighted by atomic mass is 10.1. The van der Waals surface area contributed by atoms with Gasteiger partial charge in [-0.05, 0) is 50.1 Å². The molecule has 9 nitrogen and oxygen atoms in total. The van der Waals surface area contributed by atoms with Crippen LogP contribution in [0.5, 0.6) is 11.5 Å². The zero-order valence-corrected chi connectivity index (χ0v) is 23.5. The Labute approximate surface area is 227 Å². The molecule has 2 aromatic carbocycles. The number of hydrogen-bond acceptors (Lipinski definition) is 6. The molecule has 12 heteroatoms. The third-order valence-corrected chi connectivity index (χ3v) is 7.39. The van der Waals surface area contributed by atoms with Crippen molar-refractivity contribution in [2.75, 3.05) is 30.3 Å². The van der Waals surface area contributed by atoms with Crippen LogP contribution >= 0.6 is 23.2 Å². The number of nitrogens with zero attached hydrogens (tertiary/aromatic N) is 2. The first-order chi connectivity index (χ1) is 17.4. The van der Waals surface area contributed by atoms with E-state index in [1.54, 1.807) is 37.3 Å². The molecule has 0 fully saturated rings. The molecule has 0 radical (unpaired) electrons. The van der Waals surface area contributed by atoms with Gasteiger partial charge in [-0.3, -0.25) is 13.9 Å². The number of carbonyl (C=O) groups excluding carboxylic acids is 2. The molecule has 0 saturated carbocycles. The molecule has 0 aromatic heterocycles. The lowest BCUT2D eigenvalue weighted by Gasteiger charge is -2.33. The molecule has 3 rings (SSSR count). The Hall–Kier alpha value is -2.69. The van der Waals surface area contributed by atoms with E-state index in [1.807, 2.05) is 13.8 Å². The number of halogens is 2. The van der Waals surface area contributed by atoms with Crippen molar-refractivity contribution in [3.05, 3.63) is 52.0 Å². The van der Waals surface area contributed by atoms with Crippen LogP contribution in [0.25, 0.3) is 0 Å². The highest BCUT2D eigenvalue weighted by Gasteiger charge is 2.32. The summed E-state index contributed by atoms with van der Waals surface area (Å²) in [6.45, 7) is 5.59. The predicted octanol–water partition coefficient (Wildman–Crippen LogP) is 3.86. The molecule has 1 N–H and O–H groups in total. The molecule has 1 heterocycles. The van der Waals surface area contributed by atoms with Gasteiger partial charge in [-0.15, -0.1) is 0 Å². The van der Waals surface area contributed by atoms with E-state index < -0.39 is 28.5 Å². The second-order valence-electron chi connectivity index (χ2n) is 8.94. The summed E-state index contributed by atoms with van der Waals surface area (Å²) in [5, 5.41) is 3.60. The summed E-state index contributed by atoms with van der Waals surface area (Å²) in [4.78, 5) is 28.2. The number of carbonyl (C=O) groups is 2. The Morgan fingerprint density at radius 1 is 1.05 bits per heavy atom. The van der Waals surface area contributed by atoms with Crippen LogP contribution in [0.2, 0.25) is 10.0 Å².